The average Bonchev–Trinajstić information content (AvgIpc) is 3.26. The Balaban J connectivity index is 1.44. The number of unbranched alkanes of at least 4 members (excludes halogenated alkanes) is 1. The number of rotatable bonds is 7. The molecule has 1 heteroatoms. The first-order valence-corrected chi connectivity index (χ1v) is 13.1. The third-order valence-electron chi connectivity index (χ3n) is 7.20. The summed E-state index contributed by atoms with van der Waals surface area (Å²) in [4.78, 5) is 0. The molecule has 0 aliphatic carbocycles. The first-order chi connectivity index (χ1) is 17.8. The molecule has 36 heavy (non-hydrogen) atoms. The van der Waals surface area contributed by atoms with Crippen molar-refractivity contribution in [3.8, 4) is 16.8 Å². The van der Waals surface area contributed by atoms with E-state index in [0.717, 1.165) is 12.8 Å². The molecule has 5 aromatic carbocycles. The van der Waals surface area contributed by atoms with E-state index in [1.165, 1.54) is 68.2 Å². The van der Waals surface area contributed by atoms with Gasteiger partial charge in [-0.05, 0) is 83.5 Å². The van der Waals surface area contributed by atoms with E-state index in [4.69, 9.17) is 0 Å². The predicted octanol–water partition coefficient (Wildman–Crippen LogP) is 9.38. The van der Waals surface area contributed by atoms with Gasteiger partial charge in [0.15, 0.2) is 0 Å². The SMILES string of the molecule is CCCCc1ccc2c(c1)c1cc(-c3ccc(Cc4ccccc4)cc3)ccc1n2-c1ccccc1. The van der Waals surface area contributed by atoms with Gasteiger partial charge in [-0.1, -0.05) is 98.3 Å². The Morgan fingerprint density at radius 2 is 1.11 bits per heavy atom. The zero-order valence-electron chi connectivity index (χ0n) is 20.8. The molecule has 6 aromatic rings. The number of fused-ring (bicyclic) bond motifs is 3. The standard InChI is InChI=1S/C35H31N/c1-2-3-10-27-17-21-34-32(24-27)33-25-30(20-22-35(33)36(34)31-13-8-5-9-14-31)29-18-15-28(16-19-29)23-26-11-6-4-7-12-26/h4-9,11-22,24-25H,2-3,10,23H2,1H3. The van der Waals surface area contributed by atoms with E-state index < -0.39 is 0 Å². The van der Waals surface area contributed by atoms with Gasteiger partial charge >= 0.3 is 0 Å². The number of nitrogens with zero attached hydrogens (tertiary/aromatic N) is 1. The van der Waals surface area contributed by atoms with Gasteiger partial charge in [-0.15, -0.1) is 0 Å². The van der Waals surface area contributed by atoms with Gasteiger partial charge < -0.3 is 4.57 Å². The van der Waals surface area contributed by atoms with Crippen molar-refractivity contribution in [3.63, 3.8) is 0 Å². The molecule has 0 aliphatic heterocycles. The zero-order chi connectivity index (χ0) is 24.3. The fourth-order valence-electron chi connectivity index (χ4n) is 5.29. The normalized spacial score (nSPS) is 11.4. The molecule has 0 radical (unpaired) electrons. The van der Waals surface area contributed by atoms with Crippen molar-refractivity contribution < 1.29 is 0 Å². The highest BCUT2D eigenvalue weighted by atomic mass is 15.0. The van der Waals surface area contributed by atoms with Gasteiger partial charge in [0.05, 0.1) is 11.0 Å². The minimum Gasteiger partial charge on any atom is -0.309 e. The molecule has 0 spiro atoms. The Hall–Kier alpha value is -4.10. The van der Waals surface area contributed by atoms with Gasteiger partial charge in [-0.25, -0.2) is 0 Å². The van der Waals surface area contributed by atoms with E-state index in [2.05, 4.69) is 133 Å². The second kappa shape index (κ2) is 9.87. The Bertz CT molecular complexity index is 1610. The summed E-state index contributed by atoms with van der Waals surface area (Å²) in [7, 11) is 0. The number of para-hydroxylation sites is 1. The van der Waals surface area contributed by atoms with E-state index in [1.807, 2.05) is 0 Å². The largest absolute Gasteiger partial charge is 0.309 e. The fourth-order valence-corrected chi connectivity index (χ4v) is 5.29. The lowest BCUT2D eigenvalue weighted by Gasteiger charge is -2.09. The Kier molecular flexibility index (Phi) is 6.13. The third-order valence-corrected chi connectivity index (χ3v) is 7.20. The maximum absolute atomic E-state index is 2.42. The molecule has 0 bridgehead atoms. The molecule has 0 atom stereocenters. The Morgan fingerprint density at radius 3 is 1.83 bits per heavy atom. The van der Waals surface area contributed by atoms with Crippen LogP contribution in [-0.2, 0) is 12.8 Å². The molecule has 1 nitrogen and oxygen atoms in total. The average molecular weight is 466 g/mol. The van der Waals surface area contributed by atoms with Crippen LogP contribution in [0.15, 0.2) is 121 Å². The summed E-state index contributed by atoms with van der Waals surface area (Å²) in [6.45, 7) is 2.26. The van der Waals surface area contributed by atoms with E-state index >= 15 is 0 Å². The molecule has 6 rings (SSSR count). The lowest BCUT2D eigenvalue weighted by Crippen LogP contribution is -1.93. The predicted molar refractivity (Wildman–Crippen MR) is 154 cm³/mol. The molecule has 0 aliphatic rings. The van der Waals surface area contributed by atoms with Gasteiger partial charge in [0.2, 0.25) is 0 Å². The molecule has 0 saturated heterocycles. The lowest BCUT2D eigenvalue weighted by atomic mass is 9.98. The summed E-state index contributed by atoms with van der Waals surface area (Å²) in [5.74, 6) is 0. The highest BCUT2D eigenvalue weighted by Crippen LogP contribution is 2.35. The molecular weight excluding hydrogens is 434 g/mol. The zero-order valence-corrected chi connectivity index (χ0v) is 20.8. The molecule has 0 amide bonds. The Labute approximate surface area is 213 Å². The van der Waals surface area contributed by atoms with Gasteiger partial charge in [0.1, 0.15) is 0 Å². The van der Waals surface area contributed by atoms with Crippen LogP contribution in [-0.4, -0.2) is 4.57 Å². The molecule has 1 aromatic heterocycles. The van der Waals surface area contributed by atoms with Gasteiger partial charge in [-0.2, -0.15) is 0 Å². The number of aryl methyl sites for hydroxylation is 1. The summed E-state index contributed by atoms with van der Waals surface area (Å²) in [6.07, 6.45) is 4.54. The van der Waals surface area contributed by atoms with Crippen LogP contribution in [0.4, 0.5) is 0 Å². The number of aromatic nitrogens is 1. The first-order valence-electron chi connectivity index (χ1n) is 13.1. The van der Waals surface area contributed by atoms with Crippen molar-refractivity contribution in [2.75, 3.05) is 0 Å². The quantitative estimate of drug-likeness (QED) is 0.221. The molecule has 0 N–H and O–H groups in total. The summed E-state index contributed by atoms with van der Waals surface area (Å²) < 4.78 is 2.40. The van der Waals surface area contributed by atoms with Crippen LogP contribution in [0.1, 0.15) is 36.5 Å². The summed E-state index contributed by atoms with van der Waals surface area (Å²) in [5.41, 5.74) is 10.4. The van der Waals surface area contributed by atoms with Crippen LogP contribution in [0, 0.1) is 0 Å². The van der Waals surface area contributed by atoms with Crippen molar-refractivity contribution in [3.05, 3.63) is 138 Å². The lowest BCUT2D eigenvalue weighted by molar-refractivity contribution is 0.796. The van der Waals surface area contributed by atoms with Crippen molar-refractivity contribution in [2.24, 2.45) is 0 Å². The minimum absolute atomic E-state index is 0.964. The fraction of sp³-hybridized carbons (Fsp3) is 0.143. The van der Waals surface area contributed by atoms with Crippen LogP contribution >= 0.6 is 0 Å². The molecule has 0 saturated carbocycles. The van der Waals surface area contributed by atoms with Crippen LogP contribution < -0.4 is 0 Å². The van der Waals surface area contributed by atoms with Crippen molar-refractivity contribution in [1.82, 2.24) is 4.57 Å². The van der Waals surface area contributed by atoms with Crippen LogP contribution in [0.3, 0.4) is 0 Å². The van der Waals surface area contributed by atoms with Crippen LogP contribution in [0.2, 0.25) is 0 Å². The second-order valence-corrected chi connectivity index (χ2v) is 9.72. The summed E-state index contributed by atoms with van der Waals surface area (Å²) >= 11 is 0. The number of hydrogen-bond acceptors (Lipinski definition) is 0. The molecule has 0 fully saturated rings. The monoisotopic (exact) mass is 465 g/mol. The van der Waals surface area contributed by atoms with Crippen molar-refractivity contribution >= 4 is 21.8 Å². The topological polar surface area (TPSA) is 4.93 Å². The third kappa shape index (κ3) is 4.33. The van der Waals surface area contributed by atoms with Gasteiger partial charge in [-0.3, -0.25) is 0 Å². The van der Waals surface area contributed by atoms with Gasteiger partial charge in [0, 0.05) is 16.5 Å². The van der Waals surface area contributed by atoms with Crippen LogP contribution in [0.5, 0.6) is 0 Å². The smallest absolute Gasteiger partial charge is 0.0541 e. The van der Waals surface area contributed by atoms with E-state index in [0.29, 0.717) is 0 Å². The first kappa shape index (κ1) is 22.4. The van der Waals surface area contributed by atoms with Crippen molar-refractivity contribution in [2.45, 2.75) is 32.6 Å². The van der Waals surface area contributed by atoms with Crippen molar-refractivity contribution in [1.29, 1.82) is 0 Å². The molecule has 1 heterocycles. The second-order valence-electron chi connectivity index (χ2n) is 9.72. The highest BCUT2D eigenvalue weighted by molar-refractivity contribution is 6.10. The highest BCUT2D eigenvalue weighted by Gasteiger charge is 2.14. The van der Waals surface area contributed by atoms with Gasteiger partial charge in [0.25, 0.3) is 0 Å². The maximum atomic E-state index is 2.42. The maximum Gasteiger partial charge on any atom is 0.0541 e. The van der Waals surface area contributed by atoms with Crippen LogP contribution in [0.25, 0.3) is 38.6 Å². The van der Waals surface area contributed by atoms with E-state index in [-0.39, 0.29) is 0 Å². The summed E-state index contributed by atoms with van der Waals surface area (Å²) in [6, 6.07) is 44.4. The van der Waals surface area contributed by atoms with E-state index in [1.54, 1.807) is 0 Å². The number of hydrogen-bond donors (Lipinski definition) is 0. The number of benzene rings is 5. The summed E-state index contributed by atoms with van der Waals surface area (Å²) in [5, 5.41) is 2.66. The Morgan fingerprint density at radius 1 is 0.528 bits per heavy atom. The molecule has 0 unspecified atom stereocenters. The minimum atomic E-state index is 0.964. The van der Waals surface area contributed by atoms with E-state index in [9.17, 15) is 0 Å². The molecular formula is C35H31N. The molecule has 176 valence electrons.